The third-order valence-electron chi connectivity index (χ3n) is 4.09. The van der Waals surface area contributed by atoms with Gasteiger partial charge in [-0.25, -0.2) is 0 Å². The molecule has 0 aliphatic heterocycles. The number of carbonyl (C=O) groups is 1. The zero-order valence-electron chi connectivity index (χ0n) is 12.0. The van der Waals surface area contributed by atoms with E-state index in [2.05, 4.69) is 22.9 Å². The molecule has 0 unspecified atom stereocenters. The Morgan fingerprint density at radius 2 is 2.05 bits per heavy atom. The normalized spacial score (nSPS) is 22.6. The second kappa shape index (κ2) is 7.23. The van der Waals surface area contributed by atoms with E-state index in [4.69, 9.17) is 5.73 Å². The Bertz CT molecular complexity index is 456. The van der Waals surface area contributed by atoms with E-state index in [1.165, 1.54) is 0 Å². The number of nitrogens with two attached hydrogens (primary N) is 1. The number of hydrogen-bond donors (Lipinski definition) is 1. The van der Waals surface area contributed by atoms with Crippen molar-refractivity contribution in [3.8, 4) is 0 Å². The summed E-state index contributed by atoms with van der Waals surface area (Å²) in [4.78, 5) is 14.5. The highest BCUT2D eigenvalue weighted by Crippen LogP contribution is 2.23. The largest absolute Gasteiger partial charge is 0.340 e. The molecule has 20 heavy (non-hydrogen) atoms. The standard InChI is InChI=1S/C16H23BrN2O/c1-2-19(15-8-6-14(18)7-9-15)16(20)11-12-4-3-5-13(17)10-12/h3-5,10,14-15H,2,6-9,11,18H2,1H3. The van der Waals surface area contributed by atoms with Crippen LogP contribution in [0, 0.1) is 0 Å². The van der Waals surface area contributed by atoms with Crippen LogP contribution in [0.15, 0.2) is 28.7 Å². The highest BCUT2D eigenvalue weighted by Gasteiger charge is 2.26. The van der Waals surface area contributed by atoms with Crippen LogP contribution in [0.25, 0.3) is 0 Å². The molecule has 1 amide bonds. The van der Waals surface area contributed by atoms with E-state index in [0.29, 0.717) is 18.5 Å². The third kappa shape index (κ3) is 4.06. The van der Waals surface area contributed by atoms with Gasteiger partial charge in [0, 0.05) is 23.1 Å². The van der Waals surface area contributed by atoms with E-state index >= 15 is 0 Å². The molecule has 0 bridgehead atoms. The molecule has 1 aliphatic rings. The van der Waals surface area contributed by atoms with Gasteiger partial charge in [-0.05, 0) is 50.3 Å². The van der Waals surface area contributed by atoms with Gasteiger partial charge < -0.3 is 10.6 Å². The van der Waals surface area contributed by atoms with Gasteiger partial charge in [0.1, 0.15) is 0 Å². The van der Waals surface area contributed by atoms with E-state index in [1.807, 2.05) is 29.2 Å². The molecule has 0 heterocycles. The van der Waals surface area contributed by atoms with Gasteiger partial charge in [-0.2, -0.15) is 0 Å². The average molecular weight is 339 g/mol. The lowest BCUT2D eigenvalue weighted by molar-refractivity contribution is -0.133. The molecule has 3 nitrogen and oxygen atoms in total. The molecule has 2 rings (SSSR count). The van der Waals surface area contributed by atoms with Crippen molar-refractivity contribution in [3.63, 3.8) is 0 Å². The highest BCUT2D eigenvalue weighted by molar-refractivity contribution is 9.10. The van der Waals surface area contributed by atoms with Gasteiger partial charge in [0.25, 0.3) is 0 Å². The minimum absolute atomic E-state index is 0.228. The van der Waals surface area contributed by atoms with E-state index in [1.54, 1.807) is 0 Å². The molecule has 2 N–H and O–H groups in total. The second-order valence-electron chi connectivity index (χ2n) is 5.56. The molecule has 110 valence electrons. The molecular formula is C16H23BrN2O. The van der Waals surface area contributed by atoms with E-state index in [0.717, 1.165) is 42.3 Å². The summed E-state index contributed by atoms with van der Waals surface area (Å²) in [6.07, 6.45) is 4.63. The Balaban J connectivity index is 1.98. The van der Waals surface area contributed by atoms with Crippen molar-refractivity contribution in [2.45, 2.75) is 51.1 Å². The van der Waals surface area contributed by atoms with Gasteiger partial charge in [-0.15, -0.1) is 0 Å². The molecule has 0 aromatic heterocycles. The average Bonchev–Trinajstić information content (AvgIpc) is 2.42. The lowest BCUT2D eigenvalue weighted by Gasteiger charge is -2.35. The molecule has 0 atom stereocenters. The Kier molecular flexibility index (Phi) is 5.61. The van der Waals surface area contributed by atoms with Crippen molar-refractivity contribution in [2.24, 2.45) is 5.73 Å². The van der Waals surface area contributed by atoms with Gasteiger partial charge in [-0.1, -0.05) is 28.1 Å². The van der Waals surface area contributed by atoms with Gasteiger partial charge in [-0.3, -0.25) is 4.79 Å². The number of amides is 1. The molecule has 0 spiro atoms. The Morgan fingerprint density at radius 3 is 2.65 bits per heavy atom. The predicted octanol–water partition coefficient (Wildman–Crippen LogP) is 3.11. The summed E-state index contributed by atoms with van der Waals surface area (Å²) in [6, 6.07) is 8.68. The van der Waals surface area contributed by atoms with Gasteiger partial charge >= 0.3 is 0 Å². The molecular weight excluding hydrogens is 316 g/mol. The summed E-state index contributed by atoms with van der Waals surface area (Å²) >= 11 is 3.45. The molecule has 1 aromatic rings. The van der Waals surface area contributed by atoms with Crippen molar-refractivity contribution in [1.29, 1.82) is 0 Å². The summed E-state index contributed by atoms with van der Waals surface area (Å²) in [6.45, 7) is 2.85. The van der Waals surface area contributed by atoms with Crippen LogP contribution in [0.3, 0.4) is 0 Å². The van der Waals surface area contributed by atoms with Crippen LogP contribution in [-0.2, 0) is 11.2 Å². The fraction of sp³-hybridized carbons (Fsp3) is 0.562. The molecule has 1 aliphatic carbocycles. The van der Waals surface area contributed by atoms with Gasteiger partial charge in [0.15, 0.2) is 0 Å². The van der Waals surface area contributed by atoms with E-state index in [9.17, 15) is 4.79 Å². The minimum atomic E-state index is 0.228. The van der Waals surface area contributed by atoms with E-state index < -0.39 is 0 Å². The van der Waals surface area contributed by atoms with Crippen molar-refractivity contribution < 1.29 is 4.79 Å². The zero-order valence-corrected chi connectivity index (χ0v) is 13.6. The van der Waals surface area contributed by atoms with Crippen LogP contribution in [0.1, 0.15) is 38.2 Å². The first-order valence-corrected chi connectivity index (χ1v) is 8.19. The summed E-state index contributed by atoms with van der Waals surface area (Å²) in [5.74, 6) is 0.228. The number of rotatable bonds is 4. The van der Waals surface area contributed by atoms with Gasteiger partial charge in [0.05, 0.1) is 6.42 Å². The first kappa shape index (κ1) is 15.5. The van der Waals surface area contributed by atoms with Crippen LogP contribution in [0.2, 0.25) is 0 Å². The molecule has 4 heteroatoms. The lowest BCUT2D eigenvalue weighted by Crippen LogP contribution is -2.44. The van der Waals surface area contributed by atoms with Crippen molar-refractivity contribution in [2.75, 3.05) is 6.54 Å². The van der Waals surface area contributed by atoms with E-state index in [-0.39, 0.29) is 5.91 Å². The maximum Gasteiger partial charge on any atom is 0.227 e. The fourth-order valence-corrected chi connectivity index (χ4v) is 3.42. The van der Waals surface area contributed by atoms with Crippen molar-refractivity contribution in [1.82, 2.24) is 4.90 Å². The lowest BCUT2D eigenvalue weighted by atomic mass is 9.90. The SMILES string of the molecule is CCN(C(=O)Cc1cccc(Br)c1)C1CCC(N)CC1. The Labute approximate surface area is 129 Å². The molecule has 0 saturated heterocycles. The maximum absolute atomic E-state index is 12.5. The summed E-state index contributed by atoms with van der Waals surface area (Å²) in [7, 11) is 0. The smallest absolute Gasteiger partial charge is 0.227 e. The number of likely N-dealkylation sites (N-methyl/N-ethyl adjacent to an activating group) is 1. The Morgan fingerprint density at radius 1 is 1.35 bits per heavy atom. The fourth-order valence-electron chi connectivity index (χ4n) is 2.97. The summed E-state index contributed by atoms with van der Waals surface area (Å²) in [5, 5.41) is 0. The topological polar surface area (TPSA) is 46.3 Å². The third-order valence-corrected chi connectivity index (χ3v) is 4.58. The second-order valence-corrected chi connectivity index (χ2v) is 6.47. The number of hydrogen-bond acceptors (Lipinski definition) is 2. The number of nitrogens with zero attached hydrogens (tertiary/aromatic N) is 1. The number of halogens is 1. The molecule has 1 fully saturated rings. The first-order valence-electron chi connectivity index (χ1n) is 7.39. The molecule has 0 radical (unpaired) electrons. The number of carbonyl (C=O) groups excluding carboxylic acids is 1. The van der Waals surface area contributed by atoms with Crippen LogP contribution < -0.4 is 5.73 Å². The summed E-state index contributed by atoms with van der Waals surface area (Å²) in [5.41, 5.74) is 7.01. The number of benzene rings is 1. The Hall–Kier alpha value is -0.870. The quantitative estimate of drug-likeness (QED) is 0.916. The monoisotopic (exact) mass is 338 g/mol. The minimum Gasteiger partial charge on any atom is -0.340 e. The predicted molar refractivity (Wildman–Crippen MR) is 85.5 cm³/mol. The van der Waals surface area contributed by atoms with Crippen LogP contribution in [-0.4, -0.2) is 29.4 Å². The summed E-state index contributed by atoms with van der Waals surface area (Å²) < 4.78 is 1.02. The van der Waals surface area contributed by atoms with Gasteiger partial charge in [0.2, 0.25) is 5.91 Å². The molecule has 1 aromatic carbocycles. The van der Waals surface area contributed by atoms with Crippen LogP contribution in [0.4, 0.5) is 0 Å². The van der Waals surface area contributed by atoms with Crippen molar-refractivity contribution >= 4 is 21.8 Å². The van der Waals surface area contributed by atoms with Crippen molar-refractivity contribution in [3.05, 3.63) is 34.3 Å². The zero-order chi connectivity index (χ0) is 14.5. The molecule has 1 saturated carbocycles. The maximum atomic E-state index is 12.5. The first-order chi connectivity index (χ1) is 9.60. The van der Waals surface area contributed by atoms with Crippen LogP contribution >= 0.6 is 15.9 Å². The van der Waals surface area contributed by atoms with Crippen LogP contribution in [0.5, 0.6) is 0 Å². The highest BCUT2D eigenvalue weighted by atomic mass is 79.9.